The van der Waals surface area contributed by atoms with E-state index in [0.29, 0.717) is 28.9 Å². The fraction of sp³-hybridized carbons (Fsp3) is 0.500. The molecule has 3 aromatic heterocycles. The first-order valence-corrected chi connectivity index (χ1v) is 14.4. The SMILES string of the molecule is CCC1CCC(C(=O)Nc2ccc(-c3cncc(C4CC4)n3)cn2)(c2ccnc(NSC3CC3)n2)CC1. The summed E-state index contributed by atoms with van der Waals surface area (Å²) in [6.07, 6.45) is 16.7. The molecular formula is C28H33N7OS. The Bertz CT molecular complexity index is 1250. The van der Waals surface area contributed by atoms with Gasteiger partial charge in [-0.15, -0.1) is 0 Å². The van der Waals surface area contributed by atoms with E-state index < -0.39 is 5.41 Å². The molecule has 3 aliphatic carbocycles. The minimum atomic E-state index is -0.695. The summed E-state index contributed by atoms with van der Waals surface area (Å²) in [6, 6.07) is 5.70. The second-order valence-corrected chi connectivity index (χ2v) is 11.7. The summed E-state index contributed by atoms with van der Waals surface area (Å²) < 4.78 is 3.29. The van der Waals surface area contributed by atoms with E-state index in [2.05, 4.69) is 31.9 Å². The third-order valence-corrected chi connectivity index (χ3v) is 9.01. The molecule has 3 fully saturated rings. The van der Waals surface area contributed by atoms with Crippen molar-refractivity contribution >= 4 is 29.6 Å². The van der Waals surface area contributed by atoms with Crippen LogP contribution in [0.3, 0.4) is 0 Å². The Morgan fingerprint density at radius 1 is 1.00 bits per heavy atom. The number of carbonyl (C=O) groups is 1. The van der Waals surface area contributed by atoms with Gasteiger partial charge < -0.3 is 5.32 Å². The van der Waals surface area contributed by atoms with Gasteiger partial charge in [0.1, 0.15) is 5.82 Å². The summed E-state index contributed by atoms with van der Waals surface area (Å²) in [4.78, 5) is 36.8. The molecule has 3 aromatic rings. The normalized spacial score (nSPS) is 23.4. The maximum atomic E-state index is 13.9. The van der Waals surface area contributed by atoms with Crippen LogP contribution in [0.25, 0.3) is 11.3 Å². The zero-order valence-electron chi connectivity index (χ0n) is 21.2. The van der Waals surface area contributed by atoms with Gasteiger partial charge in [-0.1, -0.05) is 13.3 Å². The first-order chi connectivity index (χ1) is 18.1. The number of aromatic nitrogens is 5. The van der Waals surface area contributed by atoms with E-state index in [-0.39, 0.29) is 5.91 Å². The molecule has 0 saturated heterocycles. The Hall–Kier alpha value is -3.07. The number of nitrogens with zero attached hydrogens (tertiary/aromatic N) is 5. The smallest absolute Gasteiger partial charge is 0.237 e. The number of pyridine rings is 1. The van der Waals surface area contributed by atoms with Crippen molar-refractivity contribution < 1.29 is 4.79 Å². The van der Waals surface area contributed by atoms with E-state index in [0.717, 1.165) is 54.7 Å². The molecule has 0 aromatic carbocycles. The predicted molar refractivity (Wildman–Crippen MR) is 146 cm³/mol. The summed E-state index contributed by atoms with van der Waals surface area (Å²) in [5.74, 6) is 2.26. The lowest BCUT2D eigenvalue weighted by molar-refractivity contribution is -0.123. The number of rotatable bonds is 9. The average Bonchev–Trinajstić information content (AvgIpc) is 3.87. The summed E-state index contributed by atoms with van der Waals surface area (Å²) >= 11 is 1.67. The van der Waals surface area contributed by atoms with E-state index >= 15 is 0 Å². The van der Waals surface area contributed by atoms with Gasteiger partial charge in [0.25, 0.3) is 0 Å². The van der Waals surface area contributed by atoms with Crippen LogP contribution in [-0.2, 0) is 10.2 Å². The average molecular weight is 516 g/mol. The third-order valence-electron chi connectivity index (χ3n) is 7.91. The quantitative estimate of drug-likeness (QED) is 0.339. The maximum Gasteiger partial charge on any atom is 0.237 e. The number of nitrogens with one attached hydrogen (secondary N) is 2. The lowest BCUT2D eigenvalue weighted by Gasteiger charge is -2.38. The molecule has 8 nitrogen and oxygen atoms in total. The number of anilines is 2. The Morgan fingerprint density at radius 3 is 2.54 bits per heavy atom. The molecule has 37 heavy (non-hydrogen) atoms. The van der Waals surface area contributed by atoms with Crippen molar-refractivity contribution in [2.75, 3.05) is 10.0 Å². The minimum absolute atomic E-state index is 0.0441. The first-order valence-electron chi connectivity index (χ1n) is 13.5. The molecule has 0 spiro atoms. The lowest BCUT2D eigenvalue weighted by atomic mass is 9.67. The van der Waals surface area contributed by atoms with Crippen LogP contribution in [0.1, 0.15) is 82.0 Å². The summed E-state index contributed by atoms with van der Waals surface area (Å²) in [6.45, 7) is 2.23. The van der Waals surface area contributed by atoms with Gasteiger partial charge in [0.15, 0.2) is 0 Å². The van der Waals surface area contributed by atoms with Gasteiger partial charge in [0.05, 0.1) is 28.7 Å². The van der Waals surface area contributed by atoms with Crippen molar-refractivity contribution in [3.63, 3.8) is 0 Å². The number of carbonyl (C=O) groups excluding carboxylic acids is 1. The Kier molecular flexibility index (Phi) is 6.80. The van der Waals surface area contributed by atoms with Gasteiger partial charge in [0.2, 0.25) is 11.9 Å². The Morgan fingerprint density at radius 2 is 1.84 bits per heavy atom. The zero-order chi connectivity index (χ0) is 25.2. The fourth-order valence-corrected chi connectivity index (χ4v) is 5.87. The van der Waals surface area contributed by atoms with Crippen LogP contribution < -0.4 is 10.0 Å². The topological polar surface area (TPSA) is 106 Å². The van der Waals surface area contributed by atoms with Gasteiger partial charge in [0, 0.05) is 35.3 Å². The van der Waals surface area contributed by atoms with Crippen molar-refractivity contribution in [3.8, 4) is 11.3 Å². The highest BCUT2D eigenvalue weighted by Crippen LogP contribution is 2.43. The summed E-state index contributed by atoms with van der Waals surface area (Å²) in [5, 5.41) is 3.75. The molecule has 0 unspecified atom stereocenters. The molecule has 0 aliphatic heterocycles. The largest absolute Gasteiger partial charge is 0.310 e. The minimum Gasteiger partial charge on any atom is -0.310 e. The number of hydrogen-bond acceptors (Lipinski definition) is 8. The Labute approximate surface area is 222 Å². The van der Waals surface area contributed by atoms with Crippen molar-refractivity contribution in [1.82, 2.24) is 24.9 Å². The van der Waals surface area contributed by atoms with Crippen LogP contribution in [0.15, 0.2) is 43.0 Å². The molecule has 0 bridgehead atoms. The standard InChI is InChI=1S/C28H33N7OS/c1-2-18-9-12-28(13-10-18,24-11-14-30-27(33-24)35-37-21-6-7-21)26(36)34-25-8-5-20(15-31-25)23-17-29-16-22(32-23)19-3-4-19/h5,8,11,14-19,21H,2-4,6-7,9-10,12-13H2,1H3,(H,30,33,35)(H,31,34,36). The van der Waals surface area contributed by atoms with E-state index in [1.54, 1.807) is 30.5 Å². The van der Waals surface area contributed by atoms with E-state index in [1.807, 2.05) is 24.4 Å². The molecular weight excluding hydrogens is 482 g/mol. The van der Waals surface area contributed by atoms with E-state index in [4.69, 9.17) is 9.97 Å². The summed E-state index contributed by atoms with van der Waals surface area (Å²) in [7, 11) is 0. The monoisotopic (exact) mass is 515 g/mol. The van der Waals surface area contributed by atoms with Gasteiger partial charge in [-0.2, -0.15) is 0 Å². The maximum absolute atomic E-state index is 13.9. The van der Waals surface area contributed by atoms with E-state index in [9.17, 15) is 4.79 Å². The summed E-state index contributed by atoms with van der Waals surface area (Å²) in [5.41, 5.74) is 2.85. The van der Waals surface area contributed by atoms with Crippen LogP contribution in [0.5, 0.6) is 0 Å². The predicted octanol–water partition coefficient (Wildman–Crippen LogP) is 5.91. The molecule has 9 heteroatoms. The van der Waals surface area contributed by atoms with Crippen LogP contribution >= 0.6 is 11.9 Å². The van der Waals surface area contributed by atoms with Crippen molar-refractivity contribution in [1.29, 1.82) is 0 Å². The highest BCUT2D eigenvalue weighted by molar-refractivity contribution is 8.01. The molecule has 2 N–H and O–H groups in total. The fourth-order valence-electron chi connectivity index (χ4n) is 5.13. The van der Waals surface area contributed by atoms with Crippen LogP contribution in [0.4, 0.5) is 11.8 Å². The molecule has 0 atom stereocenters. The molecule has 6 rings (SSSR count). The lowest BCUT2D eigenvalue weighted by Crippen LogP contribution is -2.44. The third kappa shape index (κ3) is 5.46. The van der Waals surface area contributed by atoms with Gasteiger partial charge in [-0.25, -0.2) is 19.9 Å². The highest BCUT2D eigenvalue weighted by Gasteiger charge is 2.44. The number of amides is 1. The van der Waals surface area contributed by atoms with Crippen molar-refractivity contribution in [2.24, 2.45) is 5.92 Å². The molecule has 192 valence electrons. The van der Waals surface area contributed by atoms with Crippen LogP contribution in [-0.4, -0.2) is 36.1 Å². The number of hydrogen-bond donors (Lipinski definition) is 2. The Balaban J connectivity index is 1.21. The van der Waals surface area contributed by atoms with Crippen molar-refractivity contribution in [2.45, 2.75) is 81.3 Å². The second-order valence-electron chi connectivity index (χ2n) is 10.6. The van der Waals surface area contributed by atoms with E-state index in [1.165, 1.54) is 25.7 Å². The molecule has 3 saturated carbocycles. The van der Waals surface area contributed by atoms with Crippen LogP contribution in [0.2, 0.25) is 0 Å². The van der Waals surface area contributed by atoms with Crippen molar-refractivity contribution in [3.05, 3.63) is 54.4 Å². The van der Waals surface area contributed by atoms with Crippen LogP contribution in [0, 0.1) is 5.92 Å². The molecule has 0 radical (unpaired) electrons. The van der Waals surface area contributed by atoms with Gasteiger partial charge >= 0.3 is 0 Å². The zero-order valence-corrected chi connectivity index (χ0v) is 22.0. The molecule has 3 aliphatic rings. The molecule has 3 heterocycles. The first kappa shape index (κ1) is 24.3. The second kappa shape index (κ2) is 10.4. The van der Waals surface area contributed by atoms with Gasteiger partial charge in [-0.05, 0) is 87.4 Å². The molecule has 1 amide bonds. The highest BCUT2D eigenvalue weighted by atomic mass is 32.2. The van der Waals surface area contributed by atoms with Gasteiger partial charge in [-0.3, -0.25) is 14.5 Å².